The van der Waals surface area contributed by atoms with Gasteiger partial charge in [-0.15, -0.1) is 0 Å². The monoisotopic (exact) mass is 612 g/mol. The minimum atomic E-state index is 0.929. The summed E-state index contributed by atoms with van der Waals surface area (Å²) in [6.45, 7) is 0. The molecule has 4 aliphatic heterocycles. The molecule has 0 amide bonds. The average Bonchev–Trinajstić information content (AvgIpc) is 3.15. The van der Waals surface area contributed by atoms with Crippen molar-refractivity contribution in [2.75, 3.05) is 9.80 Å². The molecule has 226 valence electrons. The third-order valence-electron chi connectivity index (χ3n) is 11.1. The first-order valence-electron chi connectivity index (χ1n) is 17.1. The van der Waals surface area contributed by atoms with Gasteiger partial charge in [0, 0.05) is 37.1 Å². The zero-order chi connectivity index (χ0) is 31.3. The second-order valence-electron chi connectivity index (χ2n) is 13.7. The molecule has 48 heavy (non-hydrogen) atoms. The molecule has 0 radical (unpaired) electrons. The molecule has 11 rings (SSSR count). The molecule has 0 fully saturated rings. The van der Waals surface area contributed by atoms with E-state index in [-0.39, 0.29) is 0 Å². The summed E-state index contributed by atoms with van der Waals surface area (Å²) in [5.74, 6) is 0. The van der Waals surface area contributed by atoms with Crippen molar-refractivity contribution in [2.45, 2.75) is 25.7 Å². The zero-order valence-electron chi connectivity index (χ0n) is 26.6. The highest BCUT2D eigenvalue weighted by Gasteiger charge is 2.37. The Morgan fingerprint density at radius 2 is 0.729 bits per heavy atom. The van der Waals surface area contributed by atoms with Gasteiger partial charge in [0.15, 0.2) is 0 Å². The van der Waals surface area contributed by atoms with Gasteiger partial charge >= 0.3 is 0 Å². The third-order valence-corrected chi connectivity index (χ3v) is 11.1. The molecule has 0 bridgehead atoms. The van der Waals surface area contributed by atoms with Gasteiger partial charge in [-0.25, -0.2) is 0 Å². The maximum atomic E-state index is 2.60. The Labute approximate surface area is 281 Å². The summed E-state index contributed by atoms with van der Waals surface area (Å²) < 4.78 is 0. The summed E-state index contributed by atoms with van der Waals surface area (Å²) in [4.78, 5) is 5.19. The average molecular weight is 613 g/mol. The lowest BCUT2D eigenvalue weighted by Gasteiger charge is -2.43. The Bertz CT molecular complexity index is 2280. The standard InChI is InChI=1S/C46H32N2/c1-3-11-29(12-4-1)37-21-19-33-23-35-28-44-36(27-43(35)47-41-17-9-7-15-31(41)25-39(37)45(33)47)24-34-20-22-38(30-13-5-2-6-14-30)40-26-32-16-8-10-18-42(32)48(44)46(34)40/h1-22,27-28H,23-26H2. The van der Waals surface area contributed by atoms with E-state index in [1.165, 1.54) is 101 Å². The number of para-hydroxylation sites is 2. The van der Waals surface area contributed by atoms with Crippen LogP contribution in [0.4, 0.5) is 34.1 Å². The Morgan fingerprint density at radius 3 is 1.19 bits per heavy atom. The van der Waals surface area contributed by atoms with E-state index in [1.807, 2.05) is 0 Å². The summed E-state index contributed by atoms with van der Waals surface area (Å²) in [5, 5.41) is 0. The van der Waals surface area contributed by atoms with Gasteiger partial charge < -0.3 is 9.80 Å². The smallest absolute Gasteiger partial charge is 0.0538 e. The van der Waals surface area contributed by atoms with Crippen molar-refractivity contribution in [3.63, 3.8) is 0 Å². The molecule has 4 aliphatic rings. The summed E-state index contributed by atoms with van der Waals surface area (Å²) in [6, 6.07) is 54.5. The van der Waals surface area contributed by atoms with Crippen LogP contribution >= 0.6 is 0 Å². The van der Waals surface area contributed by atoms with Gasteiger partial charge in [0.25, 0.3) is 0 Å². The molecule has 0 spiro atoms. The second kappa shape index (κ2) is 9.82. The topological polar surface area (TPSA) is 6.48 Å². The van der Waals surface area contributed by atoms with Crippen LogP contribution in [0.2, 0.25) is 0 Å². The lowest BCUT2D eigenvalue weighted by atomic mass is 9.80. The van der Waals surface area contributed by atoms with Crippen molar-refractivity contribution < 1.29 is 0 Å². The van der Waals surface area contributed by atoms with Gasteiger partial charge in [-0.3, -0.25) is 0 Å². The number of fused-ring (bicyclic) bond motifs is 8. The van der Waals surface area contributed by atoms with E-state index >= 15 is 0 Å². The molecule has 0 aromatic heterocycles. The van der Waals surface area contributed by atoms with E-state index in [0.29, 0.717) is 0 Å². The van der Waals surface area contributed by atoms with Gasteiger partial charge in [0.1, 0.15) is 0 Å². The molecule has 0 aliphatic carbocycles. The van der Waals surface area contributed by atoms with Crippen molar-refractivity contribution in [1.82, 2.24) is 0 Å². The summed E-state index contributed by atoms with van der Waals surface area (Å²) >= 11 is 0. The predicted molar refractivity (Wildman–Crippen MR) is 198 cm³/mol. The molecular weight excluding hydrogens is 581 g/mol. The van der Waals surface area contributed by atoms with Crippen LogP contribution in [0.15, 0.2) is 146 Å². The number of rotatable bonds is 2. The van der Waals surface area contributed by atoms with Crippen LogP contribution in [-0.2, 0) is 25.7 Å². The summed E-state index contributed by atoms with van der Waals surface area (Å²) in [6.07, 6.45) is 3.76. The highest BCUT2D eigenvalue weighted by atomic mass is 15.2. The summed E-state index contributed by atoms with van der Waals surface area (Å²) in [7, 11) is 0. The fourth-order valence-corrected chi connectivity index (χ4v) is 9.00. The Hall–Kier alpha value is -5.86. The zero-order valence-corrected chi connectivity index (χ0v) is 26.6. The lowest BCUT2D eigenvalue weighted by Crippen LogP contribution is -2.28. The minimum Gasteiger partial charge on any atom is -0.309 e. The number of benzene rings is 7. The first-order valence-corrected chi connectivity index (χ1v) is 17.1. The highest BCUT2D eigenvalue weighted by Crippen LogP contribution is 2.57. The fraction of sp³-hybridized carbons (Fsp3) is 0.0870. The number of anilines is 6. The maximum absolute atomic E-state index is 2.60. The fourth-order valence-electron chi connectivity index (χ4n) is 9.00. The minimum absolute atomic E-state index is 0.929. The van der Waals surface area contributed by atoms with Crippen molar-refractivity contribution in [3.05, 3.63) is 190 Å². The van der Waals surface area contributed by atoms with Crippen LogP contribution in [0.5, 0.6) is 0 Å². The Balaban J connectivity index is 1.14. The molecule has 0 atom stereocenters. The molecule has 0 N–H and O–H groups in total. The van der Waals surface area contributed by atoms with Crippen LogP contribution in [0.3, 0.4) is 0 Å². The molecule has 0 unspecified atom stereocenters. The van der Waals surface area contributed by atoms with Crippen molar-refractivity contribution in [2.24, 2.45) is 0 Å². The summed E-state index contributed by atoms with van der Waals surface area (Å²) in [5.41, 5.74) is 24.6. The van der Waals surface area contributed by atoms with Crippen LogP contribution in [-0.4, -0.2) is 0 Å². The van der Waals surface area contributed by atoms with Crippen molar-refractivity contribution in [3.8, 4) is 22.3 Å². The lowest BCUT2D eigenvalue weighted by molar-refractivity contribution is 0.983. The van der Waals surface area contributed by atoms with Crippen LogP contribution in [0, 0.1) is 0 Å². The molecule has 0 saturated heterocycles. The van der Waals surface area contributed by atoms with E-state index in [2.05, 4.69) is 155 Å². The molecule has 7 aromatic rings. The van der Waals surface area contributed by atoms with E-state index in [1.54, 1.807) is 0 Å². The van der Waals surface area contributed by atoms with E-state index in [4.69, 9.17) is 0 Å². The van der Waals surface area contributed by atoms with Gasteiger partial charge in [-0.1, -0.05) is 121 Å². The van der Waals surface area contributed by atoms with Crippen LogP contribution < -0.4 is 9.80 Å². The van der Waals surface area contributed by atoms with Gasteiger partial charge in [-0.05, 0) is 91.0 Å². The Morgan fingerprint density at radius 1 is 0.312 bits per heavy atom. The van der Waals surface area contributed by atoms with Crippen molar-refractivity contribution >= 4 is 34.1 Å². The molecule has 0 saturated carbocycles. The Kier molecular flexibility index (Phi) is 5.37. The quantitative estimate of drug-likeness (QED) is 0.192. The van der Waals surface area contributed by atoms with E-state index in [9.17, 15) is 0 Å². The molecule has 2 nitrogen and oxygen atoms in total. The normalized spacial score (nSPS) is 14.2. The van der Waals surface area contributed by atoms with Crippen LogP contribution in [0.1, 0.15) is 44.5 Å². The molecule has 4 heterocycles. The number of nitrogens with zero attached hydrogens (tertiary/aromatic N) is 2. The van der Waals surface area contributed by atoms with E-state index < -0.39 is 0 Å². The first-order chi connectivity index (χ1) is 23.8. The first kappa shape index (κ1) is 26.2. The number of hydrogen-bond donors (Lipinski definition) is 0. The molecule has 2 heteroatoms. The van der Waals surface area contributed by atoms with Gasteiger partial charge in [0.05, 0.1) is 22.7 Å². The highest BCUT2D eigenvalue weighted by molar-refractivity contribution is 5.97. The number of hydrogen-bond acceptors (Lipinski definition) is 2. The molecule has 7 aromatic carbocycles. The third kappa shape index (κ3) is 3.63. The second-order valence-corrected chi connectivity index (χ2v) is 13.7. The van der Waals surface area contributed by atoms with Gasteiger partial charge in [0.2, 0.25) is 0 Å². The molecular formula is C46H32N2. The maximum Gasteiger partial charge on any atom is 0.0538 e. The SMILES string of the molecule is c1ccc(-c2ccc3c4c2Cc2ccccc2N4c2cc4c(cc2C3)N2c3ccccc3Cc3c(-c5ccccc5)ccc(c32)C4)cc1. The van der Waals surface area contributed by atoms with Crippen LogP contribution in [0.25, 0.3) is 22.3 Å². The predicted octanol–water partition coefficient (Wildman–Crippen LogP) is 11.6. The van der Waals surface area contributed by atoms with E-state index in [0.717, 1.165) is 25.7 Å². The van der Waals surface area contributed by atoms with Gasteiger partial charge in [-0.2, -0.15) is 0 Å². The largest absolute Gasteiger partial charge is 0.309 e. The van der Waals surface area contributed by atoms with Crippen molar-refractivity contribution in [1.29, 1.82) is 0 Å².